The Morgan fingerprint density at radius 2 is 1.83 bits per heavy atom. The van der Waals surface area contributed by atoms with Crippen molar-refractivity contribution in [3.05, 3.63) is 54.1 Å². The van der Waals surface area contributed by atoms with Gasteiger partial charge in [-0.3, -0.25) is 0 Å². The molecule has 2 aromatic rings. The van der Waals surface area contributed by atoms with Gasteiger partial charge in [0.15, 0.2) is 0 Å². The first-order chi connectivity index (χ1) is 8.74. The van der Waals surface area contributed by atoms with E-state index in [0.717, 1.165) is 5.56 Å². The van der Waals surface area contributed by atoms with Crippen molar-refractivity contribution < 1.29 is 14.6 Å². The van der Waals surface area contributed by atoms with Crippen molar-refractivity contribution in [3.8, 4) is 16.9 Å². The number of aromatic hydroxyl groups is 1. The number of hydrogen-bond acceptors (Lipinski definition) is 3. The fourth-order valence-electron chi connectivity index (χ4n) is 1.83. The molecule has 0 unspecified atom stereocenters. The van der Waals surface area contributed by atoms with E-state index in [9.17, 15) is 9.90 Å². The van der Waals surface area contributed by atoms with Crippen molar-refractivity contribution in [2.24, 2.45) is 0 Å². The second kappa shape index (κ2) is 5.36. The van der Waals surface area contributed by atoms with Gasteiger partial charge in [-0.25, -0.2) is 4.79 Å². The summed E-state index contributed by atoms with van der Waals surface area (Å²) in [4.78, 5) is 11.9. The average Bonchev–Trinajstić information content (AvgIpc) is 2.39. The van der Waals surface area contributed by atoms with Crippen molar-refractivity contribution in [2.75, 3.05) is 6.61 Å². The molecule has 0 heterocycles. The molecule has 0 saturated heterocycles. The van der Waals surface area contributed by atoms with Crippen LogP contribution in [0.2, 0.25) is 0 Å². The molecule has 0 aliphatic rings. The predicted molar refractivity (Wildman–Crippen MR) is 69.5 cm³/mol. The Bertz CT molecular complexity index is 547. The largest absolute Gasteiger partial charge is 0.507 e. The van der Waals surface area contributed by atoms with Crippen molar-refractivity contribution in [2.45, 2.75) is 6.92 Å². The van der Waals surface area contributed by atoms with Crippen LogP contribution in [-0.4, -0.2) is 17.7 Å². The van der Waals surface area contributed by atoms with Gasteiger partial charge in [-0.05, 0) is 24.6 Å². The zero-order valence-electron chi connectivity index (χ0n) is 10.1. The minimum absolute atomic E-state index is 0.0757. The summed E-state index contributed by atoms with van der Waals surface area (Å²) in [6.45, 7) is 2.06. The molecule has 3 heteroatoms. The van der Waals surface area contributed by atoms with Crippen LogP contribution in [0.3, 0.4) is 0 Å². The van der Waals surface area contributed by atoms with Crippen LogP contribution in [0.25, 0.3) is 11.1 Å². The summed E-state index contributed by atoms with van der Waals surface area (Å²) in [5, 5.41) is 9.95. The maximum atomic E-state index is 11.9. The molecule has 0 aromatic heterocycles. The summed E-state index contributed by atoms with van der Waals surface area (Å²) in [5.74, 6) is -0.348. The molecule has 92 valence electrons. The van der Waals surface area contributed by atoms with Gasteiger partial charge in [0.05, 0.1) is 12.2 Å². The molecule has 1 N–H and O–H groups in total. The topological polar surface area (TPSA) is 46.5 Å². The van der Waals surface area contributed by atoms with Gasteiger partial charge in [-0.15, -0.1) is 0 Å². The fraction of sp³-hybridized carbons (Fsp3) is 0.133. The van der Waals surface area contributed by atoms with E-state index in [4.69, 9.17) is 4.74 Å². The average molecular weight is 242 g/mol. The van der Waals surface area contributed by atoms with Gasteiger partial charge in [0.2, 0.25) is 0 Å². The first kappa shape index (κ1) is 12.2. The molecule has 0 amide bonds. The summed E-state index contributed by atoms with van der Waals surface area (Å²) in [5.41, 5.74) is 1.68. The Hall–Kier alpha value is -2.29. The van der Waals surface area contributed by atoms with Gasteiger partial charge in [-0.1, -0.05) is 36.4 Å². The van der Waals surface area contributed by atoms with Gasteiger partial charge < -0.3 is 9.84 Å². The Morgan fingerprint density at radius 1 is 1.11 bits per heavy atom. The third kappa shape index (κ3) is 2.35. The highest BCUT2D eigenvalue weighted by molar-refractivity contribution is 5.99. The number of phenolic OH excluding ortho intramolecular Hbond substituents is 1. The molecule has 0 atom stereocenters. The summed E-state index contributed by atoms with van der Waals surface area (Å²) >= 11 is 0. The van der Waals surface area contributed by atoms with Crippen molar-refractivity contribution >= 4 is 5.97 Å². The number of esters is 1. The summed E-state index contributed by atoms with van der Waals surface area (Å²) in [6, 6.07) is 14.1. The Kier molecular flexibility index (Phi) is 3.63. The highest BCUT2D eigenvalue weighted by atomic mass is 16.5. The zero-order chi connectivity index (χ0) is 13.0. The molecule has 0 saturated carbocycles. The Morgan fingerprint density at radius 3 is 2.50 bits per heavy atom. The molecular formula is C15H14O3. The lowest BCUT2D eigenvalue weighted by Gasteiger charge is -2.10. The van der Waals surface area contributed by atoms with Gasteiger partial charge in [0, 0.05) is 5.56 Å². The second-order valence-electron chi connectivity index (χ2n) is 3.79. The lowest BCUT2D eigenvalue weighted by molar-refractivity contribution is 0.0527. The molecule has 0 radical (unpaired) electrons. The first-order valence-electron chi connectivity index (χ1n) is 5.78. The van der Waals surface area contributed by atoms with Crippen molar-refractivity contribution in [3.63, 3.8) is 0 Å². The number of carbonyl (C=O) groups excluding carboxylic acids is 1. The Balaban J connectivity index is 2.55. The molecule has 2 aromatic carbocycles. The molecular weight excluding hydrogens is 228 g/mol. The van der Waals surface area contributed by atoms with E-state index < -0.39 is 5.97 Å². The number of benzene rings is 2. The van der Waals surface area contributed by atoms with Gasteiger partial charge >= 0.3 is 5.97 Å². The summed E-state index contributed by atoms with van der Waals surface area (Å²) in [7, 11) is 0. The lowest BCUT2D eigenvalue weighted by Crippen LogP contribution is -2.06. The van der Waals surface area contributed by atoms with E-state index in [1.807, 2.05) is 30.3 Å². The quantitative estimate of drug-likeness (QED) is 0.840. The molecule has 0 bridgehead atoms. The molecule has 18 heavy (non-hydrogen) atoms. The zero-order valence-corrected chi connectivity index (χ0v) is 10.1. The van der Waals surface area contributed by atoms with Crippen LogP contribution in [0.15, 0.2) is 48.5 Å². The van der Waals surface area contributed by atoms with Crippen LogP contribution in [0.5, 0.6) is 5.75 Å². The smallest absolute Gasteiger partial charge is 0.338 e. The standard InChI is InChI=1S/C15H14O3/c1-2-18-15(17)12-9-6-10-13(16)14(12)11-7-4-3-5-8-11/h3-10,16H,2H2,1H3. The minimum Gasteiger partial charge on any atom is -0.507 e. The highest BCUT2D eigenvalue weighted by Crippen LogP contribution is 2.32. The second-order valence-corrected chi connectivity index (χ2v) is 3.79. The van der Waals surface area contributed by atoms with Gasteiger partial charge in [-0.2, -0.15) is 0 Å². The first-order valence-corrected chi connectivity index (χ1v) is 5.78. The molecule has 0 spiro atoms. The van der Waals surface area contributed by atoms with Crippen LogP contribution in [0.1, 0.15) is 17.3 Å². The third-order valence-corrected chi connectivity index (χ3v) is 2.60. The van der Waals surface area contributed by atoms with Crippen LogP contribution in [-0.2, 0) is 4.74 Å². The SMILES string of the molecule is CCOC(=O)c1cccc(O)c1-c1ccccc1. The van der Waals surface area contributed by atoms with E-state index in [1.54, 1.807) is 25.1 Å². The predicted octanol–water partition coefficient (Wildman–Crippen LogP) is 3.24. The summed E-state index contributed by atoms with van der Waals surface area (Å²) in [6.07, 6.45) is 0. The van der Waals surface area contributed by atoms with Crippen LogP contribution < -0.4 is 0 Å². The molecule has 0 fully saturated rings. The van der Waals surface area contributed by atoms with Crippen LogP contribution in [0, 0.1) is 0 Å². The van der Waals surface area contributed by atoms with E-state index in [1.165, 1.54) is 0 Å². The Labute approximate surface area is 106 Å². The fourth-order valence-corrected chi connectivity index (χ4v) is 1.83. The maximum Gasteiger partial charge on any atom is 0.338 e. The minimum atomic E-state index is -0.424. The van der Waals surface area contributed by atoms with Crippen LogP contribution >= 0.6 is 0 Å². The van der Waals surface area contributed by atoms with E-state index in [0.29, 0.717) is 17.7 Å². The van der Waals surface area contributed by atoms with Crippen molar-refractivity contribution in [1.82, 2.24) is 0 Å². The van der Waals surface area contributed by atoms with Gasteiger partial charge in [0.1, 0.15) is 5.75 Å². The van der Waals surface area contributed by atoms with Crippen molar-refractivity contribution in [1.29, 1.82) is 0 Å². The van der Waals surface area contributed by atoms with E-state index in [2.05, 4.69) is 0 Å². The lowest BCUT2D eigenvalue weighted by atomic mass is 9.98. The summed E-state index contributed by atoms with van der Waals surface area (Å²) < 4.78 is 5.00. The number of hydrogen-bond donors (Lipinski definition) is 1. The number of phenols is 1. The van der Waals surface area contributed by atoms with E-state index in [-0.39, 0.29) is 5.75 Å². The molecule has 0 aliphatic carbocycles. The molecule has 2 rings (SSSR count). The number of ether oxygens (including phenoxy) is 1. The highest BCUT2D eigenvalue weighted by Gasteiger charge is 2.16. The molecule has 3 nitrogen and oxygen atoms in total. The van der Waals surface area contributed by atoms with Crippen LogP contribution in [0.4, 0.5) is 0 Å². The van der Waals surface area contributed by atoms with E-state index >= 15 is 0 Å². The monoisotopic (exact) mass is 242 g/mol. The number of rotatable bonds is 3. The maximum absolute atomic E-state index is 11.9. The third-order valence-electron chi connectivity index (χ3n) is 2.60. The molecule has 0 aliphatic heterocycles. The van der Waals surface area contributed by atoms with Gasteiger partial charge in [0.25, 0.3) is 0 Å². The number of carbonyl (C=O) groups is 1. The normalized spacial score (nSPS) is 10.1.